The molecule has 35 heavy (non-hydrogen) atoms. The van der Waals surface area contributed by atoms with Gasteiger partial charge in [-0.1, -0.05) is 11.6 Å². The molecule has 0 atom stereocenters. The van der Waals surface area contributed by atoms with Gasteiger partial charge in [-0.05, 0) is 60.5 Å². The molecule has 1 aromatic heterocycles. The van der Waals surface area contributed by atoms with Gasteiger partial charge in [-0.15, -0.1) is 0 Å². The van der Waals surface area contributed by atoms with Crippen LogP contribution in [0.5, 0.6) is 11.5 Å². The number of rotatable bonds is 10. The van der Waals surface area contributed by atoms with Crippen LogP contribution in [-0.2, 0) is 4.79 Å². The van der Waals surface area contributed by atoms with Crippen molar-refractivity contribution in [3.05, 3.63) is 83.1 Å². The Labute approximate surface area is 209 Å². The summed E-state index contributed by atoms with van der Waals surface area (Å²) in [5.74, 6) is -3.29. The maximum Gasteiger partial charge on any atom is 0.258 e. The summed E-state index contributed by atoms with van der Waals surface area (Å²) in [7, 11) is 1.58. The summed E-state index contributed by atoms with van der Waals surface area (Å²) in [6.07, 6.45) is 2.98. The van der Waals surface area contributed by atoms with E-state index in [0.717, 1.165) is 24.1 Å². The van der Waals surface area contributed by atoms with Crippen molar-refractivity contribution in [1.82, 2.24) is 19.7 Å². The zero-order chi connectivity index (χ0) is 25.4. The summed E-state index contributed by atoms with van der Waals surface area (Å²) in [6, 6.07) is 11.4. The minimum atomic E-state index is -0.946. The molecule has 3 aromatic rings. The number of benzene rings is 2. The van der Waals surface area contributed by atoms with Gasteiger partial charge < -0.3 is 9.64 Å². The highest BCUT2D eigenvalue weighted by Crippen LogP contribution is 2.33. The molecule has 0 aliphatic carbocycles. The molecule has 3 rings (SSSR count). The van der Waals surface area contributed by atoms with Crippen molar-refractivity contribution < 1.29 is 28.3 Å². The molecule has 0 aliphatic heterocycles. The van der Waals surface area contributed by atoms with Crippen LogP contribution in [0.15, 0.2) is 65.8 Å². The Morgan fingerprint density at radius 3 is 2.43 bits per heavy atom. The second-order valence-electron chi connectivity index (χ2n) is 7.23. The Morgan fingerprint density at radius 1 is 1.14 bits per heavy atom. The summed E-state index contributed by atoms with van der Waals surface area (Å²) >= 11 is 6.69. The van der Waals surface area contributed by atoms with Crippen molar-refractivity contribution in [2.75, 3.05) is 26.7 Å². The number of pyridine rings is 1. The SMILES string of the molecule is CN(CCN(CC(=O)NO)Sc1cc(F)c(Oc2ccc(Cl)cc2)c(F)c1)C(=O)c1cccnc1. The molecule has 0 saturated heterocycles. The summed E-state index contributed by atoms with van der Waals surface area (Å²) in [5.41, 5.74) is 1.91. The van der Waals surface area contributed by atoms with E-state index in [0.29, 0.717) is 10.6 Å². The van der Waals surface area contributed by atoms with E-state index >= 15 is 0 Å². The van der Waals surface area contributed by atoms with Gasteiger partial charge in [0.1, 0.15) is 5.75 Å². The van der Waals surface area contributed by atoms with Crippen LogP contribution in [0.25, 0.3) is 0 Å². The molecule has 0 saturated carbocycles. The van der Waals surface area contributed by atoms with Gasteiger partial charge in [-0.25, -0.2) is 18.6 Å². The van der Waals surface area contributed by atoms with Crippen LogP contribution in [0.1, 0.15) is 10.4 Å². The van der Waals surface area contributed by atoms with Crippen LogP contribution in [0.4, 0.5) is 8.78 Å². The fourth-order valence-corrected chi connectivity index (χ4v) is 3.97. The number of hydroxylamine groups is 1. The zero-order valence-electron chi connectivity index (χ0n) is 18.5. The highest BCUT2D eigenvalue weighted by Gasteiger charge is 2.19. The van der Waals surface area contributed by atoms with Gasteiger partial charge in [-0.3, -0.25) is 19.8 Å². The Morgan fingerprint density at radius 2 is 1.83 bits per heavy atom. The molecule has 2 N–H and O–H groups in total. The van der Waals surface area contributed by atoms with Gasteiger partial charge in [0.05, 0.1) is 12.1 Å². The molecule has 2 amide bonds. The first kappa shape index (κ1) is 26.4. The van der Waals surface area contributed by atoms with Crippen molar-refractivity contribution in [3.8, 4) is 11.5 Å². The summed E-state index contributed by atoms with van der Waals surface area (Å²) in [4.78, 5) is 29.7. The molecule has 0 radical (unpaired) electrons. The van der Waals surface area contributed by atoms with E-state index < -0.39 is 23.3 Å². The number of carbonyl (C=O) groups is 2. The van der Waals surface area contributed by atoms with Crippen LogP contribution in [0.2, 0.25) is 5.02 Å². The monoisotopic (exact) mass is 522 g/mol. The first-order valence-corrected chi connectivity index (χ1v) is 11.4. The number of nitrogens with zero attached hydrogens (tertiary/aromatic N) is 3. The second kappa shape index (κ2) is 12.5. The molecular weight excluding hydrogens is 502 g/mol. The van der Waals surface area contributed by atoms with E-state index in [2.05, 4.69) is 4.98 Å². The minimum Gasteiger partial charge on any atom is -0.451 e. The van der Waals surface area contributed by atoms with Gasteiger partial charge in [0, 0.05) is 42.4 Å². The topological polar surface area (TPSA) is 95.0 Å². The number of nitrogens with one attached hydrogen (secondary N) is 1. The summed E-state index contributed by atoms with van der Waals surface area (Å²) in [6.45, 7) is 0.0252. The average molecular weight is 523 g/mol. The third-order valence-electron chi connectivity index (χ3n) is 4.62. The largest absolute Gasteiger partial charge is 0.451 e. The normalized spacial score (nSPS) is 10.8. The molecule has 0 spiro atoms. The first-order chi connectivity index (χ1) is 16.8. The third-order valence-corrected chi connectivity index (χ3v) is 5.89. The fraction of sp³-hybridized carbons (Fsp3) is 0.174. The maximum atomic E-state index is 14.7. The molecule has 2 aromatic carbocycles. The number of aromatic nitrogens is 1. The number of ether oxygens (including phenoxy) is 1. The number of hydrogen-bond donors (Lipinski definition) is 2. The fourth-order valence-electron chi connectivity index (χ4n) is 2.88. The molecule has 0 unspecified atom stereocenters. The van der Waals surface area contributed by atoms with Crippen molar-refractivity contribution in [2.24, 2.45) is 0 Å². The molecule has 0 bridgehead atoms. The second-order valence-corrected chi connectivity index (χ2v) is 8.84. The smallest absolute Gasteiger partial charge is 0.258 e. The van der Waals surface area contributed by atoms with Gasteiger partial charge in [0.25, 0.3) is 11.8 Å². The van der Waals surface area contributed by atoms with Crippen molar-refractivity contribution in [2.45, 2.75) is 4.90 Å². The molecule has 1 heterocycles. The lowest BCUT2D eigenvalue weighted by molar-refractivity contribution is -0.129. The quantitative estimate of drug-likeness (QED) is 0.231. The van der Waals surface area contributed by atoms with E-state index in [-0.39, 0.29) is 36.2 Å². The highest BCUT2D eigenvalue weighted by molar-refractivity contribution is 7.97. The van der Waals surface area contributed by atoms with E-state index in [4.69, 9.17) is 21.5 Å². The van der Waals surface area contributed by atoms with Gasteiger partial charge in [0.2, 0.25) is 0 Å². The third kappa shape index (κ3) is 7.62. The lowest BCUT2D eigenvalue weighted by atomic mass is 10.2. The van der Waals surface area contributed by atoms with Crippen LogP contribution < -0.4 is 10.2 Å². The Hall–Kier alpha value is -3.25. The Balaban J connectivity index is 1.70. The maximum absolute atomic E-state index is 14.7. The van der Waals surface area contributed by atoms with Gasteiger partial charge in [-0.2, -0.15) is 0 Å². The van der Waals surface area contributed by atoms with Crippen LogP contribution in [0.3, 0.4) is 0 Å². The summed E-state index contributed by atoms with van der Waals surface area (Å²) in [5, 5.41) is 9.34. The predicted molar refractivity (Wildman–Crippen MR) is 126 cm³/mol. The number of amides is 2. The van der Waals surface area contributed by atoms with E-state index in [1.807, 2.05) is 0 Å². The number of carbonyl (C=O) groups excluding carboxylic acids is 2. The molecular formula is C23H21ClF2N4O4S. The standard InChI is InChI=1S/C23H21ClF2N4O4S/c1-29(23(32)15-3-2-8-27-13-15)9-10-30(14-21(31)28-33)35-18-11-19(25)22(20(26)12-18)34-17-6-4-16(24)5-7-17/h2-8,11-13,33H,9-10,14H2,1H3,(H,28,31). The van der Waals surface area contributed by atoms with E-state index in [9.17, 15) is 18.4 Å². The molecule has 0 fully saturated rings. The minimum absolute atomic E-state index is 0.146. The lowest BCUT2D eigenvalue weighted by Crippen LogP contribution is -2.38. The molecule has 0 aliphatic rings. The summed E-state index contributed by atoms with van der Waals surface area (Å²) < 4.78 is 36.1. The molecule has 12 heteroatoms. The lowest BCUT2D eigenvalue weighted by Gasteiger charge is -2.24. The van der Waals surface area contributed by atoms with Crippen molar-refractivity contribution >= 4 is 35.4 Å². The van der Waals surface area contributed by atoms with Gasteiger partial charge >= 0.3 is 0 Å². The average Bonchev–Trinajstić information content (AvgIpc) is 2.85. The zero-order valence-corrected chi connectivity index (χ0v) is 20.0. The van der Waals surface area contributed by atoms with Crippen molar-refractivity contribution in [1.29, 1.82) is 0 Å². The predicted octanol–water partition coefficient (Wildman–Crippen LogP) is 4.39. The highest BCUT2D eigenvalue weighted by atomic mass is 35.5. The number of likely N-dealkylation sites (N-methyl/N-ethyl adjacent to an activating group) is 1. The molecule has 184 valence electrons. The first-order valence-electron chi connectivity index (χ1n) is 10.2. The Kier molecular flexibility index (Phi) is 9.38. The molecule has 8 nitrogen and oxygen atoms in total. The van der Waals surface area contributed by atoms with Crippen LogP contribution in [0, 0.1) is 11.6 Å². The van der Waals surface area contributed by atoms with Crippen molar-refractivity contribution in [3.63, 3.8) is 0 Å². The van der Waals surface area contributed by atoms with Gasteiger partial charge in [0.15, 0.2) is 17.4 Å². The van der Waals surface area contributed by atoms with Crippen LogP contribution in [-0.4, -0.2) is 57.9 Å². The van der Waals surface area contributed by atoms with E-state index in [1.165, 1.54) is 45.1 Å². The number of hydrogen-bond acceptors (Lipinski definition) is 7. The van der Waals surface area contributed by atoms with E-state index in [1.54, 1.807) is 25.4 Å². The van der Waals surface area contributed by atoms with Crippen LogP contribution >= 0.6 is 23.5 Å². The Bertz CT molecular complexity index is 1150. The number of halogens is 3.